The van der Waals surface area contributed by atoms with Crippen LogP contribution in [0.2, 0.25) is 0 Å². The van der Waals surface area contributed by atoms with Crippen molar-refractivity contribution < 1.29 is 4.74 Å². The smallest absolute Gasteiger partial charge is 0.163 e. The Morgan fingerprint density at radius 1 is 1.32 bits per heavy atom. The third-order valence-electron chi connectivity index (χ3n) is 3.07. The molecule has 0 aliphatic carbocycles. The van der Waals surface area contributed by atoms with E-state index in [1.54, 1.807) is 11.3 Å². The third kappa shape index (κ3) is 3.36. The van der Waals surface area contributed by atoms with Crippen molar-refractivity contribution in [3.05, 3.63) is 33.3 Å². The summed E-state index contributed by atoms with van der Waals surface area (Å²) in [6, 6.07) is 4.30. The van der Waals surface area contributed by atoms with E-state index in [0.29, 0.717) is 6.61 Å². The summed E-state index contributed by atoms with van der Waals surface area (Å²) in [6.45, 7) is 8.67. The highest BCUT2D eigenvalue weighted by Crippen LogP contribution is 2.24. The van der Waals surface area contributed by atoms with Crippen LogP contribution in [0.4, 0.5) is 0 Å². The quantitative estimate of drug-likeness (QED) is 0.883. The van der Waals surface area contributed by atoms with E-state index < -0.39 is 0 Å². The molecule has 0 aliphatic heterocycles. The maximum Gasteiger partial charge on any atom is 0.163 e. The Morgan fingerprint density at radius 3 is 2.68 bits per heavy atom. The number of nitrogens with zero attached hydrogens (tertiary/aromatic N) is 2. The number of hydrogen-bond donors (Lipinski definition) is 1. The number of aryl methyl sites for hydroxylation is 2. The average Bonchev–Trinajstić information content (AvgIpc) is 2.92. The molecule has 0 spiro atoms. The van der Waals surface area contributed by atoms with Gasteiger partial charge in [-0.1, -0.05) is 6.92 Å². The molecule has 0 aromatic carbocycles. The normalized spacial score (nSPS) is 10.9. The molecule has 0 saturated carbocycles. The molecule has 1 N–H and O–H groups in total. The second kappa shape index (κ2) is 6.21. The lowest BCUT2D eigenvalue weighted by atomic mass is 10.3. The van der Waals surface area contributed by atoms with Gasteiger partial charge in [0.2, 0.25) is 0 Å². The Morgan fingerprint density at radius 2 is 2.05 bits per heavy atom. The topological polar surface area (TPSA) is 39.1 Å². The molecule has 0 unspecified atom stereocenters. The summed E-state index contributed by atoms with van der Waals surface area (Å²) in [6.07, 6.45) is 0. The van der Waals surface area contributed by atoms with Gasteiger partial charge in [-0.15, -0.1) is 11.3 Å². The minimum Gasteiger partial charge on any atom is -0.484 e. The molecular formula is C14H21N3OS. The van der Waals surface area contributed by atoms with Gasteiger partial charge in [0.15, 0.2) is 5.75 Å². The average molecular weight is 279 g/mol. The molecule has 0 bridgehead atoms. The fourth-order valence-electron chi connectivity index (χ4n) is 1.95. The summed E-state index contributed by atoms with van der Waals surface area (Å²) in [5.74, 6) is 0.907. The first-order valence-corrected chi connectivity index (χ1v) is 7.34. The second-order valence-electron chi connectivity index (χ2n) is 4.56. The van der Waals surface area contributed by atoms with E-state index in [9.17, 15) is 0 Å². The minimum absolute atomic E-state index is 0.615. The molecule has 2 aromatic rings. The monoisotopic (exact) mass is 279 g/mol. The van der Waals surface area contributed by atoms with Crippen LogP contribution >= 0.6 is 11.3 Å². The van der Waals surface area contributed by atoms with E-state index in [1.807, 2.05) is 25.6 Å². The van der Waals surface area contributed by atoms with Crippen LogP contribution in [0, 0.1) is 13.8 Å². The van der Waals surface area contributed by atoms with Crippen molar-refractivity contribution in [1.82, 2.24) is 15.1 Å². The van der Waals surface area contributed by atoms with Gasteiger partial charge in [0, 0.05) is 23.3 Å². The molecule has 0 saturated heterocycles. The highest BCUT2D eigenvalue weighted by molar-refractivity contribution is 7.11. The molecule has 0 fully saturated rings. The first-order valence-electron chi connectivity index (χ1n) is 6.53. The predicted octanol–water partition coefficient (Wildman–Crippen LogP) is 2.79. The zero-order valence-corrected chi connectivity index (χ0v) is 12.8. The number of nitrogens with one attached hydrogen (secondary N) is 1. The van der Waals surface area contributed by atoms with E-state index in [4.69, 9.17) is 4.74 Å². The first kappa shape index (κ1) is 14.1. The van der Waals surface area contributed by atoms with Crippen LogP contribution < -0.4 is 10.1 Å². The zero-order valence-electron chi connectivity index (χ0n) is 12.0. The van der Waals surface area contributed by atoms with Crippen molar-refractivity contribution in [1.29, 1.82) is 0 Å². The molecule has 104 valence electrons. The third-order valence-corrected chi connectivity index (χ3v) is 4.13. The maximum atomic E-state index is 5.90. The van der Waals surface area contributed by atoms with Crippen LogP contribution in [0.1, 0.15) is 28.1 Å². The van der Waals surface area contributed by atoms with Gasteiger partial charge in [0.05, 0.1) is 5.69 Å². The largest absolute Gasteiger partial charge is 0.484 e. The van der Waals surface area contributed by atoms with Crippen molar-refractivity contribution in [3.63, 3.8) is 0 Å². The van der Waals surface area contributed by atoms with Gasteiger partial charge in [-0.3, -0.25) is 4.68 Å². The van der Waals surface area contributed by atoms with Crippen LogP contribution in [0.5, 0.6) is 5.75 Å². The number of ether oxygens (including phenoxy) is 1. The molecule has 0 radical (unpaired) electrons. The molecule has 4 nitrogen and oxygen atoms in total. The maximum absolute atomic E-state index is 5.90. The van der Waals surface area contributed by atoms with E-state index in [2.05, 4.69) is 29.5 Å². The van der Waals surface area contributed by atoms with Gasteiger partial charge >= 0.3 is 0 Å². The fraction of sp³-hybridized carbons (Fsp3) is 0.500. The van der Waals surface area contributed by atoms with Crippen molar-refractivity contribution in [2.24, 2.45) is 7.05 Å². The number of rotatable bonds is 6. The Bertz CT molecular complexity index is 545. The minimum atomic E-state index is 0.615. The summed E-state index contributed by atoms with van der Waals surface area (Å²) >= 11 is 1.80. The number of aromatic nitrogens is 2. The van der Waals surface area contributed by atoms with Crippen molar-refractivity contribution in [2.45, 2.75) is 33.9 Å². The lowest BCUT2D eigenvalue weighted by Crippen LogP contribution is -2.10. The SMILES string of the molecule is CCNCc1ccc(COc2c(C)nn(C)c2C)s1. The number of hydrogen-bond acceptors (Lipinski definition) is 4. The van der Waals surface area contributed by atoms with Crippen LogP contribution in [-0.2, 0) is 20.2 Å². The molecule has 0 amide bonds. The zero-order chi connectivity index (χ0) is 13.8. The van der Waals surface area contributed by atoms with Gasteiger partial charge in [0.25, 0.3) is 0 Å². The standard InChI is InChI=1S/C14H21N3OS/c1-5-15-8-12-6-7-13(19-12)9-18-14-10(2)16-17(4)11(14)3/h6-7,15H,5,8-9H2,1-4H3. The Kier molecular flexibility index (Phi) is 4.61. The van der Waals surface area contributed by atoms with Crippen molar-refractivity contribution in [2.75, 3.05) is 6.54 Å². The lowest BCUT2D eigenvalue weighted by Gasteiger charge is -2.04. The summed E-state index contributed by atoms with van der Waals surface area (Å²) < 4.78 is 7.76. The van der Waals surface area contributed by atoms with Crippen molar-refractivity contribution >= 4 is 11.3 Å². The molecule has 2 rings (SSSR count). The van der Waals surface area contributed by atoms with Gasteiger partial charge < -0.3 is 10.1 Å². The van der Waals surface area contributed by atoms with Gasteiger partial charge in [-0.25, -0.2) is 0 Å². The second-order valence-corrected chi connectivity index (χ2v) is 5.81. The van der Waals surface area contributed by atoms with Crippen LogP contribution in [0.15, 0.2) is 12.1 Å². The van der Waals surface area contributed by atoms with E-state index in [-0.39, 0.29) is 0 Å². The van der Waals surface area contributed by atoms with E-state index in [1.165, 1.54) is 9.75 Å². The Balaban J connectivity index is 1.96. The molecular weight excluding hydrogens is 258 g/mol. The van der Waals surface area contributed by atoms with Gasteiger partial charge in [0.1, 0.15) is 12.3 Å². The predicted molar refractivity (Wildman–Crippen MR) is 78.7 cm³/mol. The molecule has 0 aliphatic rings. The highest BCUT2D eigenvalue weighted by atomic mass is 32.1. The molecule has 2 aromatic heterocycles. The van der Waals surface area contributed by atoms with Crippen LogP contribution in [0.25, 0.3) is 0 Å². The Labute approximate surface area is 118 Å². The summed E-state index contributed by atoms with van der Waals surface area (Å²) in [4.78, 5) is 2.59. The van der Waals surface area contributed by atoms with Gasteiger partial charge in [-0.2, -0.15) is 5.10 Å². The number of thiophene rings is 1. The summed E-state index contributed by atoms with van der Waals surface area (Å²) in [5.41, 5.74) is 2.02. The first-order chi connectivity index (χ1) is 9.11. The summed E-state index contributed by atoms with van der Waals surface area (Å²) in [5, 5.41) is 7.68. The van der Waals surface area contributed by atoms with Gasteiger partial charge in [-0.05, 0) is 32.5 Å². The molecule has 0 atom stereocenters. The molecule has 2 heterocycles. The fourth-order valence-corrected chi connectivity index (χ4v) is 2.85. The van der Waals surface area contributed by atoms with E-state index in [0.717, 1.165) is 30.2 Å². The van der Waals surface area contributed by atoms with Crippen LogP contribution in [0.3, 0.4) is 0 Å². The Hall–Kier alpha value is -1.33. The van der Waals surface area contributed by atoms with Crippen molar-refractivity contribution in [3.8, 4) is 5.75 Å². The molecule has 19 heavy (non-hydrogen) atoms. The summed E-state index contributed by atoms with van der Waals surface area (Å²) in [7, 11) is 1.94. The van der Waals surface area contributed by atoms with E-state index >= 15 is 0 Å². The highest BCUT2D eigenvalue weighted by Gasteiger charge is 2.11. The lowest BCUT2D eigenvalue weighted by molar-refractivity contribution is 0.305. The van der Waals surface area contributed by atoms with Crippen LogP contribution in [-0.4, -0.2) is 16.3 Å². The molecule has 5 heteroatoms.